The van der Waals surface area contributed by atoms with E-state index in [9.17, 15) is 9.59 Å². The molecular weight excluding hydrogens is 356 g/mol. The van der Waals surface area contributed by atoms with Gasteiger partial charge in [-0.25, -0.2) is 0 Å². The van der Waals surface area contributed by atoms with Gasteiger partial charge in [0.25, 0.3) is 5.91 Å². The zero-order valence-corrected chi connectivity index (χ0v) is 16.1. The lowest BCUT2D eigenvalue weighted by Crippen LogP contribution is -2.26. The molecule has 0 bridgehead atoms. The molecular formula is C21H24N4O3. The Kier molecular flexibility index (Phi) is 6.26. The number of carbonyl (C=O) groups excluding carboxylic acids is 2. The van der Waals surface area contributed by atoms with Crippen molar-refractivity contribution in [1.29, 1.82) is 0 Å². The fraction of sp³-hybridized carbons (Fsp3) is 0.286. The quantitative estimate of drug-likeness (QED) is 0.629. The van der Waals surface area contributed by atoms with Crippen LogP contribution in [0.2, 0.25) is 0 Å². The van der Waals surface area contributed by atoms with Crippen molar-refractivity contribution < 1.29 is 14.0 Å². The van der Waals surface area contributed by atoms with Gasteiger partial charge in [-0.15, -0.1) is 0 Å². The number of carbonyl (C=O) groups is 2. The van der Waals surface area contributed by atoms with Gasteiger partial charge < -0.3 is 15.1 Å². The highest BCUT2D eigenvalue weighted by molar-refractivity contribution is 5.95. The fourth-order valence-corrected chi connectivity index (χ4v) is 2.81. The van der Waals surface area contributed by atoms with Crippen molar-refractivity contribution in [3.8, 4) is 0 Å². The molecule has 0 aliphatic heterocycles. The zero-order valence-electron chi connectivity index (χ0n) is 16.1. The average molecular weight is 380 g/mol. The van der Waals surface area contributed by atoms with Crippen molar-refractivity contribution in [2.75, 3.05) is 11.9 Å². The van der Waals surface area contributed by atoms with Crippen molar-refractivity contribution in [1.82, 2.24) is 15.1 Å². The summed E-state index contributed by atoms with van der Waals surface area (Å²) in [7, 11) is 1.69. The monoisotopic (exact) mass is 380 g/mol. The number of nitrogens with one attached hydrogen (secondary N) is 2. The first kappa shape index (κ1) is 19.4. The van der Waals surface area contributed by atoms with Gasteiger partial charge in [0.05, 0.1) is 0 Å². The maximum atomic E-state index is 12.3. The van der Waals surface area contributed by atoms with Crippen molar-refractivity contribution in [2.24, 2.45) is 7.05 Å². The number of amides is 2. The number of aromatic nitrogens is 2. The molecule has 28 heavy (non-hydrogen) atoms. The van der Waals surface area contributed by atoms with Crippen molar-refractivity contribution >= 4 is 17.6 Å². The number of aryl methyl sites for hydroxylation is 3. The number of hydrogen-bond acceptors (Lipinski definition) is 4. The molecule has 0 radical (unpaired) electrons. The predicted octanol–water partition coefficient (Wildman–Crippen LogP) is 2.87. The van der Waals surface area contributed by atoms with Gasteiger partial charge in [0.15, 0.2) is 5.69 Å². The number of nitrogens with zero attached hydrogens (tertiary/aromatic N) is 2. The maximum absolute atomic E-state index is 12.3. The molecule has 0 atom stereocenters. The van der Waals surface area contributed by atoms with E-state index in [1.165, 1.54) is 4.68 Å². The van der Waals surface area contributed by atoms with Crippen LogP contribution in [0.5, 0.6) is 0 Å². The molecule has 7 heteroatoms. The Hall–Kier alpha value is -3.35. The van der Waals surface area contributed by atoms with Crippen LogP contribution in [0.3, 0.4) is 0 Å². The molecule has 1 aromatic carbocycles. The summed E-state index contributed by atoms with van der Waals surface area (Å²) in [5.74, 6) is 1.75. The maximum Gasteiger partial charge on any atom is 0.271 e. The highest BCUT2D eigenvalue weighted by atomic mass is 16.3. The van der Waals surface area contributed by atoms with Gasteiger partial charge in [-0.3, -0.25) is 14.3 Å². The van der Waals surface area contributed by atoms with Crippen LogP contribution in [-0.4, -0.2) is 28.1 Å². The summed E-state index contributed by atoms with van der Waals surface area (Å²) in [6.07, 6.45) is 1.62. The molecule has 7 nitrogen and oxygen atoms in total. The number of anilines is 1. The molecule has 2 aromatic heterocycles. The molecule has 2 N–H and O–H groups in total. The van der Waals surface area contributed by atoms with Crippen molar-refractivity contribution in [3.05, 3.63) is 71.3 Å². The van der Waals surface area contributed by atoms with Crippen LogP contribution >= 0.6 is 0 Å². The summed E-state index contributed by atoms with van der Waals surface area (Å²) >= 11 is 0. The van der Waals surface area contributed by atoms with Crippen molar-refractivity contribution in [2.45, 2.75) is 26.2 Å². The van der Waals surface area contributed by atoms with Gasteiger partial charge in [0.2, 0.25) is 5.91 Å². The highest BCUT2D eigenvalue weighted by Crippen LogP contribution is 2.11. The molecule has 0 fully saturated rings. The normalized spacial score (nSPS) is 10.6. The minimum absolute atomic E-state index is 0.119. The van der Waals surface area contributed by atoms with Crippen LogP contribution in [0.25, 0.3) is 0 Å². The van der Waals surface area contributed by atoms with E-state index in [-0.39, 0.29) is 17.5 Å². The van der Waals surface area contributed by atoms with Crippen LogP contribution < -0.4 is 10.6 Å². The average Bonchev–Trinajstić information content (AvgIpc) is 3.26. The molecule has 0 saturated carbocycles. The summed E-state index contributed by atoms with van der Waals surface area (Å²) in [6, 6.07) is 15.2. The number of benzene rings is 1. The third-order valence-corrected chi connectivity index (χ3v) is 4.32. The molecule has 3 aromatic rings. The Balaban J connectivity index is 1.49. The van der Waals surface area contributed by atoms with Gasteiger partial charge in [-0.2, -0.15) is 5.10 Å². The molecule has 146 valence electrons. The van der Waals surface area contributed by atoms with Crippen LogP contribution in [0, 0.1) is 6.92 Å². The van der Waals surface area contributed by atoms with E-state index in [0.717, 1.165) is 17.1 Å². The van der Waals surface area contributed by atoms with Gasteiger partial charge >= 0.3 is 0 Å². The Bertz CT molecular complexity index is 944. The molecule has 0 unspecified atom stereocenters. The van der Waals surface area contributed by atoms with Crippen LogP contribution in [-0.2, 0) is 24.7 Å². The van der Waals surface area contributed by atoms with Crippen LogP contribution in [0.15, 0.2) is 52.9 Å². The van der Waals surface area contributed by atoms with Gasteiger partial charge in [-0.05, 0) is 31.0 Å². The molecule has 0 spiro atoms. The third kappa shape index (κ3) is 5.33. The summed E-state index contributed by atoms with van der Waals surface area (Å²) in [5, 5.41) is 9.79. The van der Waals surface area contributed by atoms with Crippen LogP contribution in [0.1, 0.15) is 34.0 Å². The van der Waals surface area contributed by atoms with E-state index < -0.39 is 0 Å². The second-order valence-electron chi connectivity index (χ2n) is 6.59. The molecule has 2 heterocycles. The first-order valence-corrected chi connectivity index (χ1v) is 9.22. The van der Waals surface area contributed by atoms with E-state index in [4.69, 9.17) is 4.42 Å². The Morgan fingerprint density at radius 3 is 2.61 bits per heavy atom. The first-order chi connectivity index (χ1) is 13.5. The second-order valence-corrected chi connectivity index (χ2v) is 6.59. The topological polar surface area (TPSA) is 89.2 Å². The Morgan fingerprint density at radius 1 is 1.11 bits per heavy atom. The molecule has 0 aliphatic carbocycles. The smallest absolute Gasteiger partial charge is 0.271 e. The SMILES string of the molecule is Cc1ccc(CCNC(=O)c2cc(NC(=O)CCc3ccccc3)n(C)n2)o1. The third-order valence-electron chi connectivity index (χ3n) is 4.32. The largest absolute Gasteiger partial charge is 0.466 e. The number of hydrogen-bond donors (Lipinski definition) is 2. The van der Waals surface area contributed by atoms with Crippen LogP contribution in [0.4, 0.5) is 5.82 Å². The fourth-order valence-electron chi connectivity index (χ4n) is 2.81. The summed E-state index contributed by atoms with van der Waals surface area (Å²) in [4.78, 5) is 24.5. The molecule has 0 saturated heterocycles. The van der Waals surface area contributed by atoms with Gasteiger partial charge in [0, 0.05) is 32.5 Å². The predicted molar refractivity (Wildman–Crippen MR) is 106 cm³/mol. The summed E-state index contributed by atoms with van der Waals surface area (Å²) in [5.41, 5.74) is 1.37. The second kappa shape index (κ2) is 9.03. The molecule has 2 amide bonds. The van der Waals surface area contributed by atoms with Gasteiger partial charge in [0.1, 0.15) is 17.3 Å². The van der Waals surface area contributed by atoms with Crippen molar-refractivity contribution in [3.63, 3.8) is 0 Å². The highest BCUT2D eigenvalue weighted by Gasteiger charge is 2.14. The van der Waals surface area contributed by atoms with E-state index >= 15 is 0 Å². The van der Waals surface area contributed by atoms with E-state index in [1.54, 1.807) is 13.1 Å². The van der Waals surface area contributed by atoms with E-state index in [1.807, 2.05) is 49.4 Å². The standard InChI is InChI=1S/C21H24N4O3/c1-15-8-10-17(28-15)12-13-22-21(27)18-14-19(25(2)24-18)23-20(26)11-9-16-6-4-3-5-7-16/h3-8,10,14H,9,11-13H2,1-2H3,(H,22,27)(H,23,26). The first-order valence-electron chi connectivity index (χ1n) is 9.22. The Morgan fingerprint density at radius 2 is 1.89 bits per heavy atom. The lowest BCUT2D eigenvalue weighted by Gasteiger charge is -2.05. The zero-order chi connectivity index (χ0) is 19.9. The van der Waals surface area contributed by atoms with E-state index in [2.05, 4.69) is 15.7 Å². The summed E-state index contributed by atoms with van der Waals surface area (Å²) in [6.45, 7) is 2.33. The number of furan rings is 1. The molecule has 3 rings (SSSR count). The Labute approximate surface area is 163 Å². The minimum atomic E-state index is -0.288. The minimum Gasteiger partial charge on any atom is -0.466 e. The lowest BCUT2D eigenvalue weighted by molar-refractivity contribution is -0.116. The lowest BCUT2D eigenvalue weighted by atomic mass is 10.1. The van der Waals surface area contributed by atoms with Gasteiger partial charge in [-0.1, -0.05) is 30.3 Å². The van der Waals surface area contributed by atoms with E-state index in [0.29, 0.717) is 31.6 Å². The molecule has 0 aliphatic rings. The number of rotatable bonds is 8. The summed E-state index contributed by atoms with van der Waals surface area (Å²) < 4.78 is 6.97.